The number of esters is 1. The van der Waals surface area contributed by atoms with Crippen LogP contribution in [0.25, 0.3) is 10.8 Å². The van der Waals surface area contributed by atoms with Crippen molar-refractivity contribution in [1.82, 2.24) is 0 Å². The number of fused-ring (bicyclic) bond motifs is 1. The highest BCUT2D eigenvalue weighted by Crippen LogP contribution is 2.28. The van der Waals surface area contributed by atoms with E-state index in [2.05, 4.69) is 5.16 Å². The molecule has 0 aromatic heterocycles. The van der Waals surface area contributed by atoms with E-state index in [1.165, 1.54) is 0 Å². The lowest BCUT2D eigenvalue weighted by atomic mass is 10.0. The summed E-state index contributed by atoms with van der Waals surface area (Å²) in [6, 6.07) is 11.7. The van der Waals surface area contributed by atoms with Crippen molar-refractivity contribution in [3.63, 3.8) is 0 Å². The van der Waals surface area contributed by atoms with E-state index in [0.29, 0.717) is 11.4 Å². The molecular weight excluding hydrogens is 290 g/mol. The summed E-state index contributed by atoms with van der Waals surface area (Å²) < 4.78 is 4.82. The molecule has 0 heterocycles. The summed E-state index contributed by atoms with van der Waals surface area (Å²) in [6.45, 7) is 1.95. The third-order valence-electron chi connectivity index (χ3n) is 3.21. The smallest absolute Gasteiger partial charge is 0.356 e. The Morgan fingerprint density at radius 2 is 2.05 bits per heavy atom. The second kappa shape index (κ2) is 7.09. The molecule has 0 aliphatic rings. The first-order valence-corrected chi connectivity index (χ1v) is 7.09. The molecule has 2 aromatic rings. The molecule has 2 aromatic carbocycles. The Kier molecular flexibility index (Phi) is 5.17. The fourth-order valence-corrected chi connectivity index (χ4v) is 2.46. The number of halogens is 1. The highest BCUT2D eigenvalue weighted by molar-refractivity contribution is 6.37. The van der Waals surface area contributed by atoms with Crippen molar-refractivity contribution < 1.29 is 14.7 Å². The summed E-state index contributed by atoms with van der Waals surface area (Å²) in [5.41, 5.74) is 0.905. The van der Waals surface area contributed by atoms with Gasteiger partial charge >= 0.3 is 5.97 Å². The molecule has 110 valence electrons. The summed E-state index contributed by atoms with van der Waals surface area (Å²) in [4.78, 5) is 11.5. The molecule has 0 spiro atoms. The third kappa shape index (κ3) is 3.52. The average Bonchev–Trinajstić information content (AvgIpc) is 2.50. The van der Waals surface area contributed by atoms with Gasteiger partial charge in [0, 0.05) is 11.8 Å². The minimum atomic E-state index is -0.600. The van der Waals surface area contributed by atoms with Crippen LogP contribution in [0.1, 0.15) is 18.9 Å². The van der Waals surface area contributed by atoms with Crippen LogP contribution in [0.3, 0.4) is 0 Å². The van der Waals surface area contributed by atoms with Gasteiger partial charge in [0.1, 0.15) is 0 Å². The van der Waals surface area contributed by atoms with E-state index in [1.807, 2.05) is 36.4 Å². The Morgan fingerprint density at radius 3 is 2.76 bits per heavy atom. The van der Waals surface area contributed by atoms with Crippen LogP contribution < -0.4 is 0 Å². The molecule has 2 rings (SSSR count). The molecule has 0 saturated carbocycles. The zero-order valence-corrected chi connectivity index (χ0v) is 12.4. The summed E-state index contributed by atoms with van der Waals surface area (Å²) in [5.74, 6) is -0.600. The molecular formula is C16H16ClNO3. The van der Waals surface area contributed by atoms with Gasteiger partial charge in [-0.3, -0.25) is 0 Å². The van der Waals surface area contributed by atoms with Crippen molar-refractivity contribution in [1.29, 1.82) is 0 Å². The second-order valence-electron chi connectivity index (χ2n) is 4.53. The van der Waals surface area contributed by atoms with E-state index in [1.54, 1.807) is 6.92 Å². The first-order chi connectivity index (χ1) is 10.2. The second-order valence-corrected chi connectivity index (χ2v) is 4.90. The van der Waals surface area contributed by atoms with E-state index >= 15 is 0 Å². The third-order valence-corrected chi connectivity index (χ3v) is 3.65. The fourth-order valence-electron chi connectivity index (χ4n) is 2.13. The SMILES string of the molecule is CCOC(=O)/C(CCc1ccc2ccccc2c1Cl)=N\O. The number of ether oxygens (including phenoxy) is 1. The molecule has 0 aliphatic carbocycles. The molecule has 0 saturated heterocycles. The Hall–Kier alpha value is -2.07. The topological polar surface area (TPSA) is 58.9 Å². The lowest BCUT2D eigenvalue weighted by Gasteiger charge is -2.08. The van der Waals surface area contributed by atoms with Crippen LogP contribution in [0.4, 0.5) is 0 Å². The molecule has 0 atom stereocenters. The lowest BCUT2D eigenvalue weighted by Crippen LogP contribution is -2.18. The molecule has 4 nitrogen and oxygen atoms in total. The van der Waals surface area contributed by atoms with Crippen molar-refractivity contribution in [2.24, 2.45) is 5.16 Å². The Labute approximate surface area is 128 Å². The van der Waals surface area contributed by atoms with Gasteiger partial charge < -0.3 is 9.94 Å². The fraction of sp³-hybridized carbons (Fsp3) is 0.250. The average molecular weight is 306 g/mol. The van der Waals surface area contributed by atoms with Crippen molar-refractivity contribution in [2.75, 3.05) is 6.61 Å². The highest BCUT2D eigenvalue weighted by atomic mass is 35.5. The van der Waals surface area contributed by atoms with E-state index in [9.17, 15) is 4.79 Å². The maximum atomic E-state index is 11.5. The van der Waals surface area contributed by atoms with Crippen LogP contribution in [0.2, 0.25) is 5.02 Å². The van der Waals surface area contributed by atoms with E-state index < -0.39 is 5.97 Å². The van der Waals surface area contributed by atoms with Gasteiger partial charge in [0.15, 0.2) is 5.71 Å². The highest BCUT2D eigenvalue weighted by Gasteiger charge is 2.14. The van der Waals surface area contributed by atoms with E-state index in [-0.39, 0.29) is 18.7 Å². The normalized spacial score (nSPS) is 11.6. The number of hydrogen-bond donors (Lipinski definition) is 1. The maximum Gasteiger partial charge on any atom is 0.356 e. The first-order valence-electron chi connectivity index (χ1n) is 6.71. The quantitative estimate of drug-likeness (QED) is 0.395. The number of carbonyl (C=O) groups excluding carboxylic acids is 1. The number of rotatable bonds is 5. The van der Waals surface area contributed by atoms with Crippen LogP contribution in [0, 0.1) is 0 Å². The predicted octanol–water partition coefficient (Wildman–Crippen LogP) is 3.82. The Balaban J connectivity index is 2.17. The van der Waals surface area contributed by atoms with Gasteiger partial charge in [0.25, 0.3) is 0 Å². The van der Waals surface area contributed by atoms with Crippen LogP contribution in [0.5, 0.6) is 0 Å². The summed E-state index contributed by atoms with van der Waals surface area (Å²) in [5, 5.41) is 14.6. The minimum Gasteiger partial charge on any atom is -0.461 e. The number of oxime groups is 1. The largest absolute Gasteiger partial charge is 0.461 e. The van der Waals surface area contributed by atoms with Crippen LogP contribution >= 0.6 is 11.6 Å². The van der Waals surface area contributed by atoms with Crippen LogP contribution in [0.15, 0.2) is 41.6 Å². The molecule has 0 aliphatic heterocycles. The van der Waals surface area contributed by atoms with Crippen LogP contribution in [-0.4, -0.2) is 23.5 Å². The van der Waals surface area contributed by atoms with Gasteiger partial charge in [-0.1, -0.05) is 53.2 Å². The summed E-state index contributed by atoms with van der Waals surface area (Å²) in [6.07, 6.45) is 0.773. The molecule has 0 fully saturated rings. The van der Waals surface area contributed by atoms with E-state index in [0.717, 1.165) is 16.3 Å². The van der Waals surface area contributed by atoms with Crippen molar-refractivity contribution in [2.45, 2.75) is 19.8 Å². The molecule has 0 bridgehead atoms. The first kappa shape index (κ1) is 15.3. The van der Waals surface area contributed by atoms with Gasteiger partial charge in [-0.15, -0.1) is 0 Å². The standard InChI is InChI=1S/C16H16ClNO3/c1-2-21-16(19)14(18-20)10-9-12-8-7-11-5-3-4-6-13(11)15(12)17/h3-8,20H,2,9-10H2,1H3/b18-14-. The molecule has 0 radical (unpaired) electrons. The number of aryl methyl sites for hydroxylation is 1. The lowest BCUT2D eigenvalue weighted by molar-refractivity contribution is -0.135. The van der Waals surface area contributed by atoms with E-state index in [4.69, 9.17) is 21.5 Å². The monoisotopic (exact) mass is 305 g/mol. The Morgan fingerprint density at radius 1 is 1.29 bits per heavy atom. The summed E-state index contributed by atoms with van der Waals surface area (Å²) >= 11 is 6.39. The predicted molar refractivity (Wildman–Crippen MR) is 83.1 cm³/mol. The van der Waals surface area contributed by atoms with Gasteiger partial charge in [0.2, 0.25) is 0 Å². The number of nitrogens with zero attached hydrogens (tertiary/aromatic N) is 1. The van der Waals surface area contributed by atoms with Crippen molar-refractivity contribution in [3.8, 4) is 0 Å². The number of benzene rings is 2. The maximum absolute atomic E-state index is 11.5. The zero-order chi connectivity index (χ0) is 15.2. The van der Waals surface area contributed by atoms with Gasteiger partial charge in [-0.05, 0) is 24.3 Å². The van der Waals surface area contributed by atoms with Gasteiger partial charge in [-0.25, -0.2) is 4.79 Å². The molecule has 21 heavy (non-hydrogen) atoms. The minimum absolute atomic E-state index is 0.000996. The van der Waals surface area contributed by atoms with Crippen LogP contribution in [-0.2, 0) is 16.0 Å². The number of carbonyl (C=O) groups is 1. The summed E-state index contributed by atoms with van der Waals surface area (Å²) in [7, 11) is 0. The molecule has 5 heteroatoms. The molecule has 0 amide bonds. The molecule has 0 unspecified atom stereocenters. The van der Waals surface area contributed by atoms with Gasteiger partial charge in [0.05, 0.1) is 11.6 Å². The van der Waals surface area contributed by atoms with Crippen molar-refractivity contribution >= 4 is 34.1 Å². The molecule has 1 N–H and O–H groups in total. The Bertz CT molecular complexity index is 682. The van der Waals surface area contributed by atoms with Gasteiger partial charge in [-0.2, -0.15) is 0 Å². The van der Waals surface area contributed by atoms with Crippen molar-refractivity contribution in [3.05, 3.63) is 47.0 Å². The number of hydrogen-bond acceptors (Lipinski definition) is 4. The zero-order valence-electron chi connectivity index (χ0n) is 11.7.